The molecule has 0 heterocycles. The summed E-state index contributed by atoms with van der Waals surface area (Å²) in [5.74, 6) is 0. The summed E-state index contributed by atoms with van der Waals surface area (Å²) in [6.45, 7) is 0. The van der Waals surface area contributed by atoms with E-state index in [0.717, 1.165) is 6.07 Å². The Morgan fingerprint density at radius 3 is 2.11 bits per heavy atom. The summed E-state index contributed by atoms with van der Waals surface area (Å²) in [6, 6.07) is 12.6. The molecule has 0 radical (unpaired) electrons. The van der Waals surface area contributed by atoms with Crippen LogP contribution in [0.25, 0.3) is 0 Å². The first kappa shape index (κ1) is 14.2. The third-order valence-electron chi connectivity index (χ3n) is 2.70. The number of hydrogen-bond donors (Lipinski definition) is 0. The van der Waals surface area contributed by atoms with Crippen LogP contribution in [0, 0.1) is 0 Å². The number of halogens is 5. The fourth-order valence-corrected chi connectivity index (χ4v) is 2.49. The van der Waals surface area contributed by atoms with Crippen LogP contribution in [0.15, 0.2) is 48.5 Å². The topological polar surface area (TPSA) is 0 Å². The number of hydrogen-bond acceptors (Lipinski definition) is 0. The first-order valence-electron chi connectivity index (χ1n) is 5.46. The second kappa shape index (κ2) is 5.43. The lowest BCUT2D eigenvalue weighted by Crippen LogP contribution is -2.08. The Balaban J connectivity index is 2.47. The highest BCUT2D eigenvalue weighted by Gasteiger charge is 2.34. The van der Waals surface area contributed by atoms with E-state index in [2.05, 4.69) is 0 Å². The van der Waals surface area contributed by atoms with Gasteiger partial charge >= 0.3 is 6.18 Å². The summed E-state index contributed by atoms with van der Waals surface area (Å²) >= 11 is 12.0. The average molecular weight is 305 g/mol. The highest BCUT2D eigenvalue weighted by atomic mass is 35.5. The van der Waals surface area contributed by atoms with Crippen LogP contribution < -0.4 is 0 Å². The van der Waals surface area contributed by atoms with Crippen molar-refractivity contribution in [2.75, 3.05) is 0 Å². The van der Waals surface area contributed by atoms with Crippen molar-refractivity contribution in [3.05, 3.63) is 70.2 Å². The van der Waals surface area contributed by atoms with Crippen molar-refractivity contribution in [3.8, 4) is 0 Å². The van der Waals surface area contributed by atoms with Gasteiger partial charge in [0.2, 0.25) is 0 Å². The first-order valence-corrected chi connectivity index (χ1v) is 6.27. The van der Waals surface area contributed by atoms with Gasteiger partial charge in [-0.1, -0.05) is 54.1 Å². The van der Waals surface area contributed by atoms with Gasteiger partial charge < -0.3 is 0 Å². The normalized spacial score (nSPS) is 13.3. The summed E-state index contributed by atoms with van der Waals surface area (Å²) in [5, 5.41) is -1.06. The molecular formula is C14H9Cl2F3. The van der Waals surface area contributed by atoms with Crippen molar-refractivity contribution in [2.24, 2.45) is 0 Å². The minimum atomic E-state index is -4.49. The fraction of sp³-hybridized carbons (Fsp3) is 0.143. The molecule has 0 aromatic heterocycles. The van der Waals surface area contributed by atoms with Gasteiger partial charge in [-0.15, -0.1) is 11.6 Å². The Bertz CT molecular complexity index is 565. The maximum absolute atomic E-state index is 12.8. The zero-order chi connectivity index (χ0) is 14.0. The van der Waals surface area contributed by atoms with Gasteiger partial charge in [-0.2, -0.15) is 13.2 Å². The summed E-state index contributed by atoms with van der Waals surface area (Å²) in [7, 11) is 0. The molecule has 0 saturated heterocycles. The number of alkyl halides is 4. The molecule has 0 saturated carbocycles. The third kappa shape index (κ3) is 3.04. The van der Waals surface area contributed by atoms with Crippen LogP contribution in [0.4, 0.5) is 13.2 Å². The largest absolute Gasteiger partial charge is 0.417 e. The Kier molecular flexibility index (Phi) is 4.07. The fourth-order valence-electron chi connectivity index (χ4n) is 1.77. The molecule has 0 fully saturated rings. The van der Waals surface area contributed by atoms with Crippen molar-refractivity contribution in [3.63, 3.8) is 0 Å². The standard InChI is InChI=1S/C14H9Cl2F3/c15-12(9-5-2-1-3-6-9)10-7-4-8-11(13(10)16)14(17,18)19/h1-8,12H. The molecule has 0 bridgehead atoms. The quantitative estimate of drug-likeness (QED) is 0.625. The van der Waals surface area contributed by atoms with Crippen LogP contribution in [0.1, 0.15) is 22.1 Å². The molecule has 2 aromatic rings. The van der Waals surface area contributed by atoms with Gasteiger partial charge in [0.05, 0.1) is 16.0 Å². The second-order valence-corrected chi connectivity index (χ2v) is 4.79. The average Bonchev–Trinajstić information content (AvgIpc) is 2.38. The first-order chi connectivity index (χ1) is 8.91. The van der Waals surface area contributed by atoms with Gasteiger partial charge in [0.1, 0.15) is 0 Å². The van der Waals surface area contributed by atoms with E-state index in [4.69, 9.17) is 23.2 Å². The second-order valence-electron chi connectivity index (χ2n) is 3.98. The molecule has 2 aromatic carbocycles. The molecule has 5 heteroatoms. The van der Waals surface area contributed by atoms with Gasteiger partial charge in [0.25, 0.3) is 0 Å². The highest BCUT2D eigenvalue weighted by Crippen LogP contribution is 2.41. The Labute approximate surface area is 118 Å². The van der Waals surface area contributed by atoms with Crippen molar-refractivity contribution in [1.29, 1.82) is 0 Å². The molecule has 1 atom stereocenters. The molecule has 0 aliphatic carbocycles. The predicted molar refractivity (Wildman–Crippen MR) is 70.6 cm³/mol. The van der Waals surface area contributed by atoms with Gasteiger partial charge in [0, 0.05) is 0 Å². The van der Waals surface area contributed by atoms with Gasteiger partial charge in [-0.3, -0.25) is 0 Å². The van der Waals surface area contributed by atoms with E-state index < -0.39 is 17.1 Å². The van der Waals surface area contributed by atoms with Crippen LogP contribution in [-0.4, -0.2) is 0 Å². The predicted octanol–water partition coefficient (Wildman–Crippen LogP) is 5.69. The molecule has 1 unspecified atom stereocenters. The lowest BCUT2D eigenvalue weighted by atomic mass is 10.0. The van der Waals surface area contributed by atoms with Crippen molar-refractivity contribution >= 4 is 23.2 Å². The molecule has 0 N–H and O–H groups in total. The molecule has 2 rings (SSSR count). The zero-order valence-electron chi connectivity index (χ0n) is 9.59. The lowest BCUT2D eigenvalue weighted by molar-refractivity contribution is -0.137. The molecule has 0 amide bonds. The van der Waals surface area contributed by atoms with E-state index in [1.54, 1.807) is 30.3 Å². The smallest absolute Gasteiger partial charge is 0.166 e. The zero-order valence-corrected chi connectivity index (χ0v) is 11.1. The monoisotopic (exact) mass is 304 g/mol. The molecule has 0 nitrogen and oxygen atoms in total. The van der Waals surface area contributed by atoms with E-state index in [1.807, 2.05) is 0 Å². The van der Waals surface area contributed by atoms with Crippen LogP contribution in [0.5, 0.6) is 0 Å². The van der Waals surface area contributed by atoms with Crippen LogP contribution in [-0.2, 0) is 6.18 Å². The van der Waals surface area contributed by atoms with E-state index in [0.29, 0.717) is 5.56 Å². The minimum Gasteiger partial charge on any atom is -0.166 e. The molecular weight excluding hydrogens is 296 g/mol. The highest BCUT2D eigenvalue weighted by molar-refractivity contribution is 6.33. The van der Waals surface area contributed by atoms with Crippen LogP contribution in [0.2, 0.25) is 5.02 Å². The molecule has 0 aliphatic rings. The number of rotatable bonds is 2. The Morgan fingerprint density at radius 1 is 0.895 bits per heavy atom. The van der Waals surface area contributed by atoms with E-state index >= 15 is 0 Å². The van der Waals surface area contributed by atoms with Gasteiger partial charge in [-0.05, 0) is 17.2 Å². The Hall–Kier alpha value is -1.19. The summed E-state index contributed by atoms with van der Waals surface area (Å²) in [6.07, 6.45) is -4.49. The minimum absolute atomic E-state index is 0.254. The third-order valence-corrected chi connectivity index (χ3v) is 3.61. The van der Waals surface area contributed by atoms with Crippen molar-refractivity contribution in [1.82, 2.24) is 0 Å². The maximum atomic E-state index is 12.8. The molecule has 0 aliphatic heterocycles. The summed E-state index contributed by atoms with van der Waals surface area (Å²) < 4.78 is 38.3. The van der Waals surface area contributed by atoms with Crippen LogP contribution >= 0.6 is 23.2 Å². The van der Waals surface area contributed by atoms with E-state index in [1.165, 1.54) is 12.1 Å². The van der Waals surface area contributed by atoms with Gasteiger partial charge in [-0.25, -0.2) is 0 Å². The van der Waals surface area contributed by atoms with E-state index in [-0.39, 0.29) is 10.6 Å². The summed E-state index contributed by atoms with van der Waals surface area (Å²) in [5.41, 5.74) is 0.0861. The summed E-state index contributed by atoms with van der Waals surface area (Å²) in [4.78, 5) is 0. The molecule has 0 spiro atoms. The van der Waals surface area contributed by atoms with Gasteiger partial charge in [0.15, 0.2) is 0 Å². The van der Waals surface area contributed by atoms with Crippen molar-refractivity contribution in [2.45, 2.75) is 11.6 Å². The van der Waals surface area contributed by atoms with Crippen LogP contribution in [0.3, 0.4) is 0 Å². The Morgan fingerprint density at radius 2 is 1.53 bits per heavy atom. The molecule has 19 heavy (non-hydrogen) atoms. The lowest BCUT2D eigenvalue weighted by Gasteiger charge is -2.16. The SMILES string of the molecule is FC(F)(F)c1cccc(C(Cl)c2ccccc2)c1Cl. The maximum Gasteiger partial charge on any atom is 0.417 e. The van der Waals surface area contributed by atoms with E-state index in [9.17, 15) is 13.2 Å². The number of benzene rings is 2. The van der Waals surface area contributed by atoms with Crippen molar-refractivity contribution < 1.29 is 13.2 Å². The molecule has 100 valence electrons.